The van der Waals surface area contributed by atoms with Gasteiger partial charge in [0.2, 0.25) is 0 Å². The lowest BCUT2D eigenvalue weighted by Gasteiger charge is -2.09. The van der Waals surface area contributed by atoms with Crippen molar-refractivity contribution in [3.63, 3.8) is 0 Å². The fourth-order valence-electron chi connectivity index (χ4n) is 1.26. The number of rotatable bonds is 6. The number of methoxy groups -OCH3 is 1. The summed E-state index contributed by atoms with van der Waals surface area (Å²) >= 11 is 5.88. The first kappa shape index (κ1) is 13.9. The summed E-state index contributed by atoms with van der Waals surface area (Å²) in [5.74, 6) is -1.10. The van der Waals surface area contributed by atoms with Crippen LogP contribution in [0.2, 0.25) is 0 Å². The van der Waals surface area contributed by atoms with E-state index in [4.69, 9.17) is 16.3 Å². The molecule has 94 valence electrons. The maximum atomic E-state index is 13.2. The van der Waals surface area contributed by atoms with Crippen molar-refractivity contribution >= 4 is 17.5 Å². The molecule has 0 aliphatic rings. The van der Waals surface area contributed by atoms with Gasteiger partial charge in [0.1, 0.15) is 0 Å². The molecule has 1 heterocycles. The summed E-state index contributed by atoms with van der Waals surface area (Å²) in [6.07, 6.45) is 2.94. The first-order chi connectivity index (χ1) is 8.15. The Hall–Kier alpha value is -1.20. The van der Waals surface area contributed by atoms with Gasteiger partial charge < -0.3 is 10.1 Å². The molecule has 17 heavy (non-hydrogen) atoms. The minimum atomic E-state index is -0.635. The van der Waals surface area contributed by atoms with Gasteiger partial charge in [-0.25, -0.2) is 4.39 Å². The molecule has 0 aromatic carbocycles. The van der Waals surface area contributed by atoms with E-state index in [9.17, 15) is 9.18 Å². The highest BCUT2D eigenvalue weighted by molar-refractivity contribution is 6.20. The number of nitrogens with zero attached hydrogens (tertiary/aromatic N) is 1. The average molecular weight is 261 g/mol. The van der Waals surface area contributed by atoms with Gasteiger partial charge in [-0.1, -0.05) is 0 Å². The van der Waals surface area contributed by atoms with Crippen molar-refractivity contribution in [2.24, 2.45) is 0 Å². The highest BCUT2D eigenvalue weighted by Gasteiger charge is 2.11. The molecule has 0 saturated carbocycles. The number of halogens is 2. The fourth-order valence-corrected chi connectivity index (χ4v) is 1.50. The third-order valence-electron chi connectivity index (χ3n) is 2.11. The lowest BCUT2D eigenvalue weighted by atomic mass is 10.2. The van der Waals surface area contributed by atoms with Crippen molar-refractivity contribution in [1.29, 1.82) is 0 Å². The topological polar surface area (TPSA) is 51.2 Å². The van der Waals surface area contributed by atoms with Crippen LogP contribution in [0.1, 0.15) is 16.8 Å². The molecule has 0 bridgehead atoms. The first-order valence-electron chi connectivity index (χ1n) is 5.16. The first-order valence-corrected chi connectivity index (χ1v) is 5.59. The molecule has 1 aromatic rings. The second-order valence-corrected chi connectivity index (χ2v) is 4.07. The molecular formula is C11H14ClFN2O2. The van der Waals surface area contributed by atoms with Crippen LogP contribution in [-0.4, -0.2) is 36.5 Å². The molecule has 1 amide bonds. The van der Waals surface area contributed by atoms with Gasteiger partial charge in [-0.05, 0) is 12.5 Å². The van der Waals surface area contributed by atoms with Crippen molar-refractivity contribution in [1.82, 2.24) is 10.3 Å². The number of carbonyl (C=O) groups excluding carboxylic acids is 1. The minimum absolute atomic E-state index is 0.0159. The summed E-state index contributed by atoms with van der Waals surface area (Å²) in [7, 11) is 1.56. The highest BCUT2D eigenvalue weighted by atomic mass is 35.5. The normalized spacial score (nSPS) is 12.2. The summed E-state index contributed by atoms with van der Waals surface area (Å²) in [4.78, 5) is 15.1. The Morgan fingerprint density at radius 1 is 1.71 bits per heavy atom. The SMILES string of the molecule is COCC(Cl)CCNC(=O)c1ccncc1F. The standard InChI is InChI=1S/C11H14ClFN2O2/c1-17-7-8(12)2-5-15-11(16)9-3-4-14-6-10(9)13/h3-4,6,8H,2,5,7H2,1H3,(H,15,16). The van der Waals surface area contributed by atoms with Crippen LogP contribution >= 0.6 is 11.6 Å². The van der Waals surface area contributed by atoms with E-state index >= 15 is 0 Å². The second-order valence-electron chi connectivity index (χ2n) is 3.45. The van der Waals surface area contributed by atoms with Crippen LogP contribution in [0, 0.1) is 5.82 Å². The zero-order chi connectivity index (χ0) is 12.7. The van der Waals surface area contributed by atoms with Gasteiger partial charge in [0.05, 0.1) is 23.7 Å². The molecule has 1 unspecified atom stereocenters. The van der Waals surface area contributed by atoms with Crippen molar-refractivity contribution in [2.45, 2.75) is 11.8 Å². The van der Waals surface area contributed by atoms with Crippen LogP contribution in [0.3, 0.4) is 0 Å². The van der Waals surface area contributed by atoms with Crippen LogP contribution in [-0.2, 0) is 4.74 Å². The quantitative estimate of drug-likeness (QED) is 0.791. The molecule has 1 rings (SSSR count). The van der Waals surface area contributed by atoms with Crippen LogP contribution < -0.4 is 5.32 Å². The molecule has 4 nitrogen and oxygen atoms in total. The maximum Gasteiger partial charge on any atom is 0.254 e. The number of hydrogen-bond donors (Lipinski definition) is 1. The zero-order valence-electron chi connectivity index (χ0n) is 9.45. The number of aromatic nitrogens is 1. The Morgan fingerprint density at radius 2 is 2.47 bits per heavy atom. The lowest BCUT2D eigenvalue weighted by Crippen LogP contribution is -2.27. The zero-order valence-corrected chi connectivity index (χ0v) is 10.2. The van der Waals surface area contributed by atoms with Gasteiger partial charge in [0, 0.05) is 19.9 Å². The average Bonchev–Trinajstić information content (AvgIpc) is 2.29. The molecule has 6 heteroatoms. The third kappa shape index (κ3) is 4.66. The number of amides is 1. The molecule has 0 radical (unpaired) electrons. The summed E-state index contributed by atoms with van der Waals surface area (Å²) < 4.78 is 18.0. The lowest BCUT2D eigenvalue weighted by molar-refractivity contribution is 0.0947. The minimum Gasteiger partial charge on any atom is -0.383 e. The van der Waals surface area contributed by atoms with Gasteiger partial charge in [0.25, 0.3) is 5.91 Å². The molecule has 0 fully saturated rings. The van der Waals surface area contributed by atoms with E-state index in [1.165, 1.54) is 12.3 Å². The number of nitrogens with one attached hydrogen (secondary N) is 1. The summed E-state index contributed by atoms with van der Waals surface area (Å²) in [5, 5.41) is 2.42. The predicted molar refractivity (Wildman–Crippen MR) is 62.7 cm³/mol. The second kappa shape index (κ2) is 7.19. The Kier molecular flexibility index (Phi) is 5.86. The van der Waals surface area contributed by atoms with Gasteiger partial charge in [-0.15, -0.1) is 11.6 Å². The molecule has 1 atom stereocenters. The van der Waals surface area contributed by atoms with Crippen LogP contribution in [0.4, 0.5) is 4.39 Å². The van der Waals surface area contributed by atoms with Crippen LogP contribution in [0.25, 0.3) is 0 Å². The predicted octanol–water partition coefficient (Wildman–Crippen LogP) is 1.59. The highest BCUT2D eigenvalue weighted by Crippen LogP contribution is 2.05. The Bertz CT molecular complexity index is 376. The summed E-state index contributed by atoms with van der Waals surface area (Å²) in [5.41, 5.74) is -0.0159. The van der Waals surface area contributed by atoms with Crippen LogP contribution in [0.5, 0.6) is 0 Å². The van der Waals surface area contributed by atoms with E-state index in [-0.39, 0.29) is 10.9 Å². The van der Waals surface area contributed by atoms with E-state index in [2.05, 4.69) is 10.3 Å². The summed E-state index contributed by atoms with van der Waals surface area (Å²) in [6.45, 7) is 0.791. The van der Waals surface area contributed by atoms with E-state index in [0.29, 0.717) is 19.6 Å². The fraction of sp³-hybridized carbons (Fsp3) is 0.455. The monoisotopic (exact) mass is 260 g/mol. The molecule has 1 N–H and O–H groups in total. The van der Waals surface area contributed by atoms with E-state index in [1.807, 2.05) is 0 Å². The van der Waals surface area contributed by atoms with E-state index in [1.54, 1.807) is 7.11 Å². The number of pyridine rings is 1. The molecule has 0 aliphatic heterocycles. The Balaban J connectivity index is 2.38. The number of carbonyl (C=O) groups is 1. The van der Waals surface area contributed by atoms with Gasteiger partial charge in [-0.2, -0.15) is 0 Å². The Labute approximate surface area is 104 Å². The van der Waals surface area contributed by atoms with Crippen molar-refractivity contribution in [3.8, 4) is 0 Å². The number of hydrogen-bond acceptors (Lipinski definition) is 3. The third-order valence-corrected chi connectivity index (χ3v) is 2.45. The van der Waals surface area contributed by atoms with Crippen molar-refractivity contribution in [2.75, 3.05) is 20.3 Å². The number of alkyl halides is 1. The number of ether oxygens (including phenoxy) is 1. The smallest absolute Gasteiger partial charge is 0.254 e. The molecule has 0 spiro atoms. The summed E-state index contributed by atoms with van der Waals surface area (Å²) in [6, 6.07) is 1.33. The van der Waals surface area contributed by atoms with E-state index < -0.39 is 11.7 Å². The molecule has 0 aliphatic carbocycles. The van der Waals surface area contributed by atoms with Crippen molar-refractivity contribution in [3.05, 3.63) is 29.8 Å². The van der Waals surface area contributed by atoms with Gasteiger partial charge >= 0.3 is 0 Å². The molecule has 0 saturated heterocycles. The molecule has 1 aromatic heterocycles. The maximum absolute atomic E-state index is 13.2. The van der Waals surface area contributed by atoms with Gasteiger partial charge in [0.15, 0.2) is 5.82 Å². The van der Waals surface area contributed by atoms with Crippen LogP contribution in [0.15, 0.2) is 18.5 Å². The largest absolute Gasteiger partial charge is 0.383 e. The van der Waals surface area contributed by atoms with Gasteiger partial charge in [-0.3, -0.25) is 9.78 Å². The van der Waals surface area contributed by atoms with E-state index in [0.717, 1.165) is 6.20 Å². The van der Waals surface area contributed by atoms with Crippen molar-refractivity contribution < 1.29 is 13.9 Å². The Morgan fingerprint density at radius 3 is 3.12 bits per heavy atom. The molecular weight excluding hydrogens is 247 g/mol.